The molecule has 1 aliphatic heterocycles. The maximum atomic E-state index is 14.4. The van der Waals surface area contributed by atoms with E-state index in [4.69, 9.17) is 4.74 Å². The first-order chi connectivity index (χ1) is 13.9. The smallest absolute Gasteiger partial charge is 0.381 e. The Morgan fingerprint density at radius 1 is 1.27 bits per heavy atom. The third-order valence-electron chi connectivity index (χ3n) is 5.22. The number of hydrogen-bond donors (Lipinski definition) is 0. The van der Waals surface area contributed by atoms with Crippen LogP contribution in [0.5, 0.6) is 0 Å². The lowest BCUT2D eigenvalue weighted by Crippen LogP contribution is -2.29. The van der Waals surface area contributed by atoms with Crippen molar-refractivity contribution in [2.75, 3.05) is 13.2 Å². The van der Waals surface area contributed by atoms with Gasteiger partial charge in [0, 0.05) is 43.3 Å². The van der Waals surface area contributed by atoms with Crippen molar-refractivity contribution in [3.63, 3.8) is 0 Å². The number of alkyl halides is 3. The van der Waals surface area contributed by atoms with E-state index in [1.54, 1.807) is 10.7 Å². The normalized spacial score (nSPS) is 18.3. The van der Waals surface area contributed by atoms with Gasteiger partial charge < -0.3 is 4.74 Å². The second-order valence-corrected chi connectivity index (χ2v) is 8.55. The first-order valence-corrected chi connectivity index (χ1v) is 9.69. The molecule has 1 unspecified atom stereocenters. The van der Waals surface area contributed by atoms with Gasteiger partial charge in [-0.1, -0.05) is 26.8 Å². The zero-order valence-corrected chi connectivity index (χ0v) is 17.4. The number of carbonyl (C=O) groups is 1. The molecule has 0 spiro atoms. The van der Waals surface area contributed by atoms with Gasteiger partial charge in [-0.05, 0) is 18.6 Å². The molecule has 0 radical (unpaired) electrons. The Morgan fingerprint density at radius 2 is 1.97 bits per heavy atom. The number of nitrogens with zero attached hydrogens (tertiary/aromatic N) is 3. The minimum Gasteiger partial charge on any atom is -0.381 e. The number of ether oxygens (including phenoxy) is 1. The van der Waals surface area contributed by atoms with Crippen LogP contribution in [-0.2, 0) is 29.9 Å². The number of benzene rings is 1. The molecule has 0 bridgehead atoms. The lowest BCUT2D eigenvalue weighted by atomic mass is 9.92. The molecular weight excluding hydrogens is 402 g/mol. The average Bonchev–Trinajstić information content (AvgIpc) is 3.24. The Balaban J connectivity index is 2.09. The molecule has 1 aromatic heterocycles. The Labute approximate surface area is 172 Å². The van der Waals surface area contributed by atoms with Crippen molar-refractivity contribution < 1.29 is 27.1 Å². The third kappa shape index (κ3) is 4.50. The van der Waals surface area contributed by atoms with Crippen LogP contribution in [0.1, 0.15) is 48.8 Å². The summed E-state index contributed by atoms with van der Waals surface area (Å²) in [6.45, 7) is 7.78. The van der Waals surface area contributed by atoms with E-state index in [-0.39, 0.29) is 16.8 Å². The van der Waals surface area contributed by atoms with Crippen LogP contribution < -0.4 is 5.49 Å². The van der Waals surface area contributed by atoms with Crippen LogP contribution in [0.25, 0.3) is 0 Å². The van der Waals surface area contributed by atoms with Gasteiger partial charge in [-0.3, -0.25) is 14.2 Å². The fourth-order valence-electron chi connectivity index (χ4n) is 3.63. The molecule has 1 amide bonds. The van der Waals surface area contributed by atoms with Crippen molar-refractivity contribution in [2.24, 2.45) is 18.0 Å². The van der Waals surface area contributed by atoms with Gasteiger partial charge in [0.25, 0.3) is 5.91 Å². The van der Waals surface area contributed by atoms with E-state index in [1.807, 2.05) is 32.5 Å². The highest BCUT2D eigenvalue weighted by Gasteiger charge is 2.35. The van der Waals surface area contributed by atoms with Crippen molar-refractivity contribution in [3.8, 4) is 0 Å². The van der Waals surface area contributed by atoms with Crippen molar-refractivity contribution >= 4 is 5.91 Å². The van der Waals surface area contributed by atoms with Crippen LogP contribution in [0.3, 0.4) is 0 Å². The topological polar surface area (TPSA) is 48.5 Å². The van der Waals surface area contributed by atoms with E-state index < -0.39 is 29.0 Å². The molecule has 1 saturated heterocycles. The number of halogens is 4. The van der Waals surface area contributed by atoms with Crippen molar-refractivity contribution in [1.82, 2.24) is 9.36 Å². The van der Waals surface area contributed by atoms with Crippen LogP contribution in [0.4, 0.5) is 17.6 Å². The molecule has 1 aromatic carbocycles. The van der Waals surface area contributed by atoms with Gasteiger partial charge in [0.15, 0.2) is 5.49 Å². The quantitative estimate of drug-likeness (QED) is 0.694. The molecule has 5 nitrogen and oxygen atoms in total. The molecule has 164 valence electrons. The first-order valence-electron chi connectivity index (χ1n) is 9.69. The van der Waals surface area contributed by atoms with Gasteiger partial charge in [0.1, 0.15) is 5.82 Å². The summed E-state index contributed by atoms with van der Waals surface area (Å²) in [6, 6.07) is 4.34. The second kappa shape index (κ2) is 8.02. The molecule has 30 heavy (non-hydrogen) atoms. The predicted molar refractivity (Wildman–Crippen MR) is 102 cm³/mol. The molecule has 3 rings (SSSR count). The van der Waals surface area contributed by atoms with Gasteiger partial charge in [0.05, 0.1) is 17.7 Å². The first kappa shape index (κ1) is 22.3. The lowest BCUT2D eigenvalue weighted by Gasteiger charge is -2.21. The molecular formula is C21H25F4N3O2. The number of aromatic nitrogens is 2. The molecule has 1 atom stereocenters. The van der Waals surface area contributed by atoms with Gasteiger partial charge in [-0.25, -0.2) is 4.39 Å². The summed E-state index contributed by atoms with van der Waals surface area (Å²) in [6.07, 6.45) is -4.03. The fourth-order valence-corrected chi connectivity index (χ4v) is 3.63. The van der Waals surface area contributed by atoms with Crippen LogP contribution in [0, 0.1) is 11.7 Å². The fraction of sp³-hybridized carbons (Fsp3) is 0.524. The highest BCUT2D eigenvalue weighted by molar-refractivity contribution is 5.95. The number of hydrogen-bond acceptors (Lipinski definition) is 2. The van der Waals surface area contributed by atoms with E-state index in [9.17, 15) is 22.4 Å². The van der Waals surface area contributed by atoms with E-state index in [0.29, 0.717) is 25.8 Å². The summed E-state index contributed by atoms with van der Waals surface area (Å²) in [5, 5.41) is 0. The molecule has 0 aliphatic carbocycles. The zero-order valence-electron chi connectivity index (χ0n) is 17.4. The third-order valence-corrected chi connectivity index (χ3v) is 5.22. The molecule has 0 N–H and O–H groups in total. The summed E-state index contributed by atoms with van der Waals surface area (Å²) in [5.74, 6) is -2.44. The molecule has 9 heteroatoms. The Morgan fingerprint density at radius 3 is 2.53 bits per heavy atom. The maximum absolute atomic E-state index is 14.4. The van der Waals surface area contributed by atoms with E-state index in [1.165, 1.54) is 0 Å². The largest absolute Gasteiger partial charge is 0.419 e. The Bertz CT molecular complexity index is 1010. The summed E-state index contributed by atoms with van der Waals surface area (Å²) >= 11 is 0. The Kier molecular flexibility index (Phi) is 5.95. The van der Waals surface area contributed by atoms with Gasteiger partial charge in [-0.2, -0.15) is 18.2 Å². The summed E-state index contributed by atoms with van der Waals surface area (Å²) in [7, 11) is 1.84. The van der Waals surface area contributed by atoms with E-state index >= 15 is 0 Å². The molecule has 1 aliphatic rings. The summed E-state index contributed by atoms with van der Waals surface area (Å²) < 4.78 is 62.5. The molecule has 1 fully saturated rings. The van der Waals surface area contributed by atoms with E-state index in [2.05, 4.69) is 4.99 Å². The minimum absolute atomic E-state index is 0.228. The number of rotatable bonds is 3. The van der Waals surface area contributed by atoms with Crippen LogP contribution >= 0.6 is 0 Å². The number of amides is 1. The second-order valence-electron chi connectivity index (χ2n) is 8.55. The van der Waals surface area contributed by atoms with Crippen molar-refractivity contribution in [2.45, 2.75) is 45.3 Å². The lowest BCUT2D eigenvalue weighted by molar-refractivity contribution is -0.140. The standard InChI is InChI=1S/C21H25F4N3O2/c1-20(2,3)16-10-17(28(27(16)4)11-13-8-9-30-12-13)26-19(29)14-6-5-7-15(18(14)22)21(23,24)25/h5-7,10,13H,8-9,11-12H2,1-4H3. The summed E-state index contributed by atoms with van der Waals surface area (Å²) in [4.78, 5) is 16.7. The molecule has 2 heterocycles. The van der Waals surface area contributed by atoms with Crippen molar-refractivity contribution in [3.05, 3.63) is 52.4 Å². The predicted octanol–water partition coefficient (Wildman–Crippen LogP) is 4.06. The Hall–Kier alpha value is -2.42. The highest BCUT2D eigenvalue weighted by Crippen LogP contribution is 2.32. The van der Waals surface area contributed by atoms with Gasteiger partial charge in [-0.15, -0.1) is 0 Å². The van der Waals surface area contributed by atoms with Crippen LogP contribution in [-0.4, -0.2) is 28.5 Å². The van der Waals surface area contributed by atoms with Crippen LogP contribution in [0.2, 0.25) is 0 Å². The highest BCUT2D eigenvalue weighted by atomic mass is 19.4. The average molecular weight is 427 g/mol. The SMILES string of the molecule is Cn1c(C(C)(C)C)cc(=NC(=O)c2cccc(C(F)(F)F)c2F)n1CC1CCOC1. The van der Waals surface area contributed by atoms with E-state index in [0.717, 1.165) is 24.2 Å². The monoisotopic (exact) mass is 427 g/mol. The van der Waals surface area contributed by atoms with Crippen LogP contribution in [0.15, 0.2) is 29.3 Å². The molecule has 2 aromatic rings. The van der Waals surface area contributed by atoms with Gasteiger partial charge >= 0.3 is 6.18 Å². The zero-order chi connectivity index (χ0) is 22.3. The van der Waals surface area contributed by atoms with Gasteiger partial charge in [0.2, 0.25) is 0 Å². The minimum atomic E-state index is -4.89. The number of carbonyl (C=O) groups excluding carboxylic acids is 1. The summed E-state index contributed by atoms with van der Waals surface area (Å²) in [5.41, 5.74) is -1.29. The maximum Gasteiger partial charge on any atom is 0.419 e. The molecule has 0 saturated carbocycles. The van der Waals surface area contributed by atoms with Crippen molar-refractivity contribution in [1.29, 1.82) is 0 Å².